The monoisotopic (exact) mass is 181 g/mol. The molecule has 2 nitrogen and oxygen atoms in total. The van der Waals surface area contributed by atoms with Crippen molar-refractivity contribution in [2.45, 2.75) is 32.3 Å². The Morgan fingerprint density at radius 3 is 2.08 bits per heavy atom. The van der Waals surface area contributed by atoms with Crippen LogP contribution in [0.3, 0.4) is 0 Å². The Morgan fingerprint density at radius 2 is 1.83 bits per heavy atom. The van der Waals surface area contributed by atoms with Gasteiger partial charge in [0.1, 0.15) is 5.60 Å². The van der Waals surface area contributed by atoms with E-state index in [-0.39, 0.29) is 6.54 Å². The van der Waals surface area contributed by atoms with E-state index in [9.17, 15) is 13.9 Å². The standard InChI is InChI=1S/C8H17F2NO/c1-6(2)8(9,10)7(3,12)5-11-4/h6,11-12H,5H2,1-4H3. The third-order valence-corrected chi connectivity index (χ3v) is 1.96. The summed E-state index contributed by atoms with van der Waals surface area (Å²) in [5.41, 5.74) is -1.98. The largest absolute Gasteiger partial charge is 0.383 e. The van der Waals surface area contributed by atoms with E-state index in [1.807, 2.05) is 0 Å². The maximum absolute atomic E-state index is 13.2. The highest BCUT2D eigenvalue weighted by molar-refractivity contribution is 4.92. The van der Waals surface area contributed by atoms with Crippen LogP contribution in [0.2, 0.25) is 0 Å². The average molecular weight is 181 g/mol. The number of hydrogen-bond acceptors (Lipinski definition) is 2. The van der Waals surface area contributed by atoms with E-state index >= 15 is 0 Å². The maximum Gasteiger partial charge on any atom is 0.279 e. The third kappa shape index (κ3) is 2.14. The summed E-state index contributed by atoms with van der Waals surface area (Å²) in [6.07, 6.45) is 0. The van der Waals surface area contributed by atoms with Crippen molar-refractivity contribution < 1.29 is 13.9 Å². The molecule has 0 aliphatic rings. The first-order chi connectivity index (χ1) is 5.25. The van der Waals surface area contributed by atoms with E-state index in [2.05, 4.69) is 5.32 Å². The van der Waals surface area contributed by atoms with Crippen LogP contribution in [-0.2, 0) is 0 Å². The Morgan fingerprint density at radius 1 is 1.42 bits per heavy atom. The lowest BCUT2D eigenvalue weighted by Crippen LogP contribution is -2.54. The van der Waals surface area contributed by atoms with Crippen LogP contribution in [-0.4, -0.2) is 30.2 Å². The zero-order valence-electron chi connectivity index (χ0n) is 7.99. The average Bonchev–Trinajstić information content (AvgIpc) is 1.86. The zero-order chi connectivity index (χ0) is 9.99. The molecule has 0 saturated carbocycles. The molecule has 0 rings (SSSR count). The van der Waals surface area contributed by atoms with Gasteiger partial charge in [0.25, 0.3) is 5.92 Å². The molecule has 0 fully saturated rings. The fraction of sp³-hybridized carbons (Fsp3) is 1.00. The summed E-state index contributed by atoms with van der Waals surface area (Å²) < 4.78 is 26.4. The second kappa shape index (κ2) is 3.66. The molecule has 1 unspecified atom stereocenters. The number of alkyl halides is 2. The van der Waals surface area contributed by atoms with E-state index in [1.165, 1.54) is 20.9 Å². The Labute approximate surface area is 72.0 Å². The minimum absolute atomic E-state index is 0.113. The first-order valence-electron chi connectivity index (χ1n) is 4.00. The number of halogens is 2. The quantitative estimate of drug-likeness (QED) is 0.684. The van der Waals surface area contributed by atoms with Crippen LogP contribution in [0.25, 0.3) is 0 Å². The minimum atomic E-state index is -3.06. The molecule has 1 atom stereocenters. The molecule has 4 heteroatoms. The number of hydrogen-bond donors (Lipinski definition) is 2. The summed E-state index contributed by atoms with van der Waals surface area (Å²) in [4.78, 5) is 0. The van der Waals surface area contributed by atoms with E-state index < -0.39 is 17.4 Å². The zero-order valence-corrected chi connectivity index (χ0v) is 7.99. The molecule has 2 N–H and O–H groups in total. The summed E-state index contributed by atoms with van der Waals surface area (Å²) in [5.74, 6) is -3.92. The van der Waals surface area contributed by atoms with Crippen molar-refractivity contribution in [1.29, 1.82) is 0 Å². The van der Waals surface area contributed by atoms with Gasteiger partial charge in [0.05, 0.1) is 0 Å². The van der Waals surface area contributed by atoms with Gasteiger partial charge in [-0.2, -0.15) is 0 Å². The van der Waals surface area contributed by atoms with Crippen LogP contribution in [0.1, 0.15) is 20.8 Å². The molecule has 0 radical (unpaired) electrons. The fourth-order valence-electron chi connectivity index (χ4n) is 1.08. The van der Waals surface area contributed by atoms with Crippen LogP contribution in [0.5, 0.6) is 0 Å². The molecule has 0 saturated heterocycles. The highest BCUT2D eigenvalue weighted by Crippen LogP contribution is 2.34. The van der Waals surface area contributed by atoms with Gasteiger partial charge < -0.3 is 10.4 Å². The van der Waals surface area contributed by atoms with Crippen LogP contribution in [0, 0.1) is 5.92 Å². The second-order valence-electron chi connectivity index (χ2n) is 3.58. The van der Waals surface area contributed by atoms with Gasteiger partial charge in [-0.05, 0) is 14.0 Å². The highest BCUT2D eigenvalue weighted by Gasteiger charge is 2.50. The molecular weight excluding hydrogens is 164 g/mol. The lowest BCUT2D eigenvalue weighted by atomic mass is 9.89. The summed E-state index contributed by atoms with van der Waals surface area (Å²) in [6.45, 7) is 3.82. The van der Waals surface area contributed by atoms with Gasteiger partial charge in [-0.25, -0.2) is 8.78 Å². The van der Waals surface area contributed by atoms with Crippen LogP contribution in [0.4, 0.5) is 8.78 Å². The van der Waals surface area contributed by atoms with E-state index in [4.69, 9.17) is 0 Å². The fourth-order valence-corrected chi connectivity index (χ4v) is 1.08. The summed E-state index contributed by atoms with van der Waals surface area (Å²) in [6, 6.07) is 0. The van der Waals surface area contributed by atoms with E-state index in [0.717, 1.165) is 6.92 Å². The molecule has 0 amide bonds. The van der Waals surface area contributed by atoms with Crippen molar-refractivity contribution in [3.63, 3.8) is 0 Å². The minimum Gasteiger partial charge on any atom is -0.383 e. The van der Waals surface area contributed by atoms with Gasteiger partial charge in [-0.15, -0.1) is 0 Å². The molecule has 0 aliphatic carbocycles. The summed E-state index contributed by atoms with van der Waals surface area (Å²) in [7, 11) is 1.53. The number of likely N-dealkylation sites (N-methyl/N-ethyl adjacent to an activating group) is 1. The molecule has 0 aliphatic heterocycles. The Kier molecular flexibility index (Phi) is 3.59. The smallest absolute Gasteiger partial charge is 0.279 e. The normalized spacial score (nSPS) is 18.0. The summed E-state index contributed by atoms with van der Waals surface area (Å²) >= 11 is 0. The van der Waals surface area contributed by atoms with Crippen LogP contribution >= 0.6 is 0 Å². The molecular formula is C8H17F2NO. The SMILES string of the molecule is CNCC(C)(O)C(F)(F)C(C)C. The predicted molar refractivity (Wildman–Crippen MR) is 44.3 cm³/mol. The molecule has 0 aromatic heterocycles. The van der Waals surface area contributed by atoms with Crippen LogP contribution < -0.4 is 5.32 Å². The first kappa shape index (κ1) is 11.8. The Balaban J connectivity index is 4.50. The Hall–Kier alpha value is -0.220. The lowest BCUT2D eigenvalue weighted by molar-refractivity contribution is -0.193. The Bertz CT molecular complexity index is 146. The van der Waals surface area contributed by atoms with Crippen LogP contribution in [0.15, 0.2) is 0 Å². The molecule has 0 aromatic carbocycles. The second-order valence-corrected chi connectivity index (χ2v) is 3.58. The van der Waals surface area contributed by atoms with Gasteiger partial charge in [0.15, 0.2) is 0 Å². The lowest BCUT2D eigenvalue weighted by Gasteiger charge is -2.35. The van der Waals surface area contributed by atoms with Gasteiger partial charge in [-0.1, -0.05) is 13.8 Å². The van der Waals surface area contributed by atoms with Crippen molar-refractivity contribution >= 4 is 0 Å². The first-order valence-corrected chi connectivity index (χ1v) is 4.00. The van der Waals surface area contributed by atoms with Gasteiger partial charge >= 0.3 is 0 Å². The van der Waals surface area contributed by atoms with Crippen molar-refractivity contribution in [2.24, 2.45) is 5.92 Å². The van der Waals surface area contributed by atoms with E-state index in [1.54, 1.807) is 0 Å². The molecule has 0 heterocycles. The molecule has 12 heavy (non-hydrogen) atoms. The summed E-state index contributed by atoms with van der Waals surface area (Å²) in [5, 5.41) is 11.9. The number of nitrogens with one attached hydrogen (secondary N) is 1. The molecule has 0 bridgehead atoms. The topological polar surface area (TPSA) is 32.3 Å². The van der Waals surface area contributed by atoms with E-state index in [0.29, 0.717) is 0 Å². The highest BCUT2D eigenvalue weighted by atomic mass is 19.3. The number of aliphatic hydroxyl groups is 1. The maximum atomic E-state index is 13.2. The molecule has 0 aromatic rings. The predicted octanol–water partition coefficient (Wildman–Crippen LogP) is 1.25. The van der Waals surface area contributed by atoms with Gasteiger partial charge in [0.2, 0.25) is 0 Å². The van der Waals surface area contributed by atoms with Crippen molar-refractivity contribution in [3.8, 4) is 0 Å². The van der Waals surface area contributed by atoms with Crippen molar-refractivity contribution in [2.75, 3.05) is 13.6 Å². The van der Waals surface area contributed by atoms with Crippen molar-refractivity contribution in [3.05, 3.63) is 0 Å². The van der Waals surface area contributed by atoms with Gasteiger partial charge in [-0.3, -0.25) is 0 Å². The third-order valence-electron chi connectivity index (χ3n) is 1.96. The van der Waals surface area contributed by atoms with Crippen molar-refractivity contribution in [1.82, 2.24) is 5.32 Å². The van der Waals surface area contributed by atoms with Gasteiger partial charge in [0, 0.05) is 12.5 Å². The molecule has 74 valence electrons. The number of rotatable bonds is 4. The molecule has 0 spiro atoms.